The molecular formula is C16H21N5O2. The molecule has 0 spiro atoms. The van der Waals surface area contributed by atoms with Crippen molar-refractivity contribution >= 4 is 22.7 Å². The monoisotopic (exact) mass is 315 g/mol. The molecule has 0 aliphatic carbocycles. The fraction of sp³-hybridized carbons (Fsp3) is 0.438. The number of hydrogen-bond donors (Lipinski definition) is 3. The number of rotatable bonds is 4. The van der Waals surface area contributed by atoms with Crippen LogP contribution in [-0.2, 0) is 4.79 Å². The molecular weight excluding hydrogens is 294 g/mol. The second-order valence-corrected chi connectivity index (χ2v) is 5.82. The lowest BCUT2D eigenvalue weighted by molar-refractivity contribution is -0.132. The van der Waals surface area contributed by atoms with E-state index >= 15 is 0 Å². The van der Waals surface area contributed by atoms with Crippen molar-refractivity contribution in [3.05, 3.63) is 30.0 Å². The fourth-order valence-electron chi connectivity index (χ4n) is 2.82. The maximum Gasteiger partial charge on any atom is 0.272 e. The third kappa shape index (κ3) is 3.50. The minimum absolute atomic E-state index is 0.0746. The molecule has 1 aliphatic heterocycles. The smallest absolute Gasteiger partial charge is 0.272 e. The van der Waals surface area contributed by atoms with Gasteiger partial charge in [-0.15, -0.1) is 0 Å². The number of carbonyl (C=O) groups is 2. The van der Waals surface area contributed by atoms with Crippen LogP contribution in [0.3, 0.4) is 0 Å². The van der Waals surface area contributed by atoms with E-state index < -0.39 is 0 Å². The minimum atomic E-state index is -0.260. The van der Waals surface area contributed by atoms with Gasteiger partial charge < -0.3 is 15.5 Å². The Labute approximate surface area is 134 Å². The van der Waals surface area contributed by atoms with E-state index in [-0.39, 0.29) is 11.8 Å². The van der Waals surface area contributed by atoms with Crippen LogP contribution in [0, 0.1) is 0 Å². The highest BCUT2D eigenvalue weighted by Crippen LogP contribution is 2.14. The second-order valence-electron chi connectivity index (χ2n) is 5.82. The molecule has 0 bridgehead atoms. The molecule has 1 saturated heterocycles. The molecule has 7 nitrogen and oxygen atoms in total. The van der Waals surface area contributed by atoms with Crippen molar-refractivity contribution in [2.75, 3.05) is 26.2 Å². The summed E-state index contributed by atoms with van der Waals surface area (Å²) in [6.07, 6.45) is 0.306. The van der Waals surface area contributed by atoms with Crippen molar-refractivity contribution < 1.29 is 9.59 Å². The van der Waals surface area contributed by atoms with Gasteiger partial charge in [-0.05, 0) is 13.0 Å². The maximum atomic E-state index is 12.2. The number of hydrogen-bond acceptors (Lipinski definition) is 4. The average Bonchev–Trinajstić information content (AvgIpc) is 2.98. The number of fused-ring (bicyclic) bond motifs is 1. The van der Waals surface area contributed by atoms with Crippen molar-refractivity contribution in [2.45, 2.75) is 19.4 Å². The first-order chi connectivity index (χ1) is 11.1. The van der Waals surface area contributed by atoms with Crippen LogP contribution in [0.4, 0.5) is 0 Å². The molecule has 1 aliphatic rings. The number of aromatic nitrogens is 2. The summed E-state index contributed by atoms with van der Waals surface area (Å²) in [5.74, 6) is -0.186. The first kappa shape index (κ1) is 15.5. The predicted molar refractivity (Wildman–Crippen MR) is 87.1 cm³/mol. The van der Waals surface area contributed by atoms with E-state index in [0.717, 1.165) is 30.5 Å². The highest BCUT2D eigenvalue weighted by Gasteiger charge is 2.20. The van der Waals surface area contributed by atoms with Gasteiger partial charge in [0.2, 0.25) is 5.91 Å². The van der Waals surface area contributed by atoms with Crippen LogP contribution in [0.5, 0.6) is 0 Å². The molecule has 2 aromatic rings. The first-order valence-corrected chi connectivity index (χ1v) is 7.87. The molecule has 2 heterocycles. The molecule has 23 heavy (non-hydrogen) atoms. The van der Waals surface area contributed by atoms with Gasteiger partial charge in [0.05, 0.1) is 5.52 Å². The number of carbonyl (C=O) groups excluding carboxylic acids is 2. The Hall–Kier alpha value is -2.41. The summed E-state index contributed by atoms with van der Waals surface area (Å²) in [4.78, 5) is 26.2. The Balaban J connectivity index is 1.52. The summed E-state index contributed by atoms with van der Waals surface area (Å²) in [6, 6.07) is 7.78. The lowest BCUT2D eigenvalue weighted by atomic mass is 10.2. The van der Waals surface area contributed by atoms with E-state index in [2.05, 4.69) is 27.8 Å². The van der Waals surface area contributed by atoms with E-state index in [4.69, 9.17) is 0 Å². The van der Waals surface area contributed by atoms with Crippen molar-refractivity contribution in [3.63, 3.8) is 0 Å². The first-order valence-electron chi connectivity index (χ1n) is 7.87. The zero-order valence-corrected chi connectivity index (χ0v) is 13.1. The van der Waals surface area contributed by atoms with Gasteiger partial charge in [-0.2, -0.15) is 5.10 Å². The van der Waals surface area contributed by atoms with E-state index in [9.17, 15) is 9.59 Å². The number of aromatic amines is 1. The number of amides is 2. The molecule has 0 radical (unpaired) electrons. The Morgan fingerprint density at radius 1 is 1.39 bits per heavy atom. The topological polar surface area (TPSA) is 90.1 Å². The standard InChI is InChI=1S/C16H21N5O2/c1-11-10-21(9-8-17-11)14(22)6-7-18-16(23)15-12-4-2-3-5-13(12)19-20-15/h2-5,11,17H,6-10H2,1H3,(H,18,23)(H,19,20). The van der Waals surface area contributed by atoms with Crippen LogP contribution in [0.25, 0.3) is 10.9 Å². The molecule has 1 aromatic carbocycles. The summed E-state index contributed by atoms with van der Waals surface area (Å²) in [7, 11) is 0. The largest absolute Gasteiger partial charge is 0.350 e. The number of nitrogens with one attached hydrogen (secondary N) is 3. The second kappa shape index (κ2) is 6.78. The van der Waals surface area contributed by atoms with Gasteiger partial charge >= 0.3 is 0 Å². The normalized spacial score (nSPS) is 18.1. The van der Waals surface area contributed by atoms with Gasteiger partial charge in [0, 0.05) is 44.0 Å². The van der Waals surface area contributed by atoms with Gasteiger partial charge in [0.1, 0.15) is 0 Å². The Kier molecular flexibility index (Phi) is 4.57. The number of piperazine rings is 1. The fourth-order valence-corrected chi connectivity index (χ4v) is 2.82. The lowest BCUT2D eigenvalue weighted by Crippen LogP contribution is -2.51. The Morgan fingerprint density at radius 2 is 2.22 bits per heavy atom. The third-order valence-electron chi connectivity index (χ3n) is 4.03. The minimum Gasteiger partial charge on any atom is -0.350 e. The number of H-pyrrole nitrogens is 1. The van der Waals surface area contributed by atoms with Crippen LogP contribution >= 0.6 is 0 Å². The van der Waals surface area contributed by atoms with Crippen molar-refractivity contribution in [1.82, 2.24) is 25.7 Å². The van der Waals surface area contributed by atoms with Crippen LogP contribution in [0.1, 0.15) is 23.8 Å². The Morgan fingerprint density at radius 3 is 3.04 bits per heavy atom. The van der Waals surface area contributed by atoms with Crippen LogP contribution < -0.4 is 10.6 Å². The van der Waals surface area contributed by atoms with E-state index in [1.807, 2.05) is 29.2 Å². The van der Waals surface area contributed by atoms with Gasteiger partial charge in [-0.25, -0.2) is 0 Å². The Bertz CT molecular complexity index is 711. The maximum absolute atomic E-state index is 12.2. The van der Waals surface area contributed by atoms with E-state index in [1.54, 1.807) is 0 Å². The van der Waals surface area contributed by atoms with Gasteiger partial charge in [-0.3, -0.25) is 14.7 Å². The summed E-state index contributed by atoms with van der Waals surface area (Å²) >= 11 is 0. The van der Waals surface area contributed by atoms with Crippen LogP contribution in [0.2, 0.25) is 0 Å². The summed E-state index contributed by atoms with van der Waals surface area (Å²) < 4.78 is 0. The zero-order chi connectivity index (χ0) is 16.2. The summed E-state index contributed by atoms with van der Waals surface area (Å²) in [5, 5.41) is 13.7. The molecule has 3 N–H and O–H groups in total. The van der Waals surface area contributed by atoms with Gasteiger partial charge in [0.15, 0.2) is 5.69 Å². The summed E-state index contributed by atoms with van der Waals surface area (Å²) in [5.41, 5.74) is 1.19. The molecule has 2 amide bonds. The number of para-hydroxylation sites is 1. The number of benzene rings is 1. The van der Waals surface area contributed by atoms with Gasteiger partial charge in [0.25, 0.3) is 5.91 Å². The van der Waals surface area contributed by atoms with E-state index in [1.165, 1.54) is 0 Å². The van der Waals surface area contributed by atoms with Crippen LogP contribution in [0.15, 0.2) is 24.3 Å². The highest BCUT2D eigenvalue weighted by molar-refractivity contribution is 6.04. The molecule has 1 atom stereocenters. The summed E-state index contributed by atoms with van der Waals surface area (Å²) in [6.45, 7) is 4.64. The van der Waals surface area contributed by atoms with Crippen LogP contribution in [-0.4, -0.2) is 59.1 Å². The molecule has 1 unspecified atom stereocenters. The third-order valence-corrected chi connectivity index (χ3v) is 4.03. The van der Waals surface area contributed by atoms with Crippen molar-refractivity contribution in [2.24, 2.45) is 0 Å². The molecule has 3 rings (SSSR count). The average molecular weight is 315 g/mol. The van der Waals surface area contributed by atoms with Gasteiger partial charge in [-0.1, -0.05) is 18.2 Å². The zero-order valence-electron chi connectivity index (χ0n) is 13.1. The van der Waals surface area contributed by atoms with Crippen molar-refractivity contribution in [3.8, 4) is 0 Å². The molecule has 122 valence electrons. The van der Waals surface area contributed by atoms with Crippen molar-refractivity contribution in [1.29, 1.82) is 0 Å². The quantitative estimate of drug-likeness (QED) is 0.766. The molecule has 1 aromatic heterocycles. The lowest BCUT2D eigenvalue weighted by Gasteiger charge is -2.32. The SMILES string of the molecule is CC1CN(C(=O)CCNC(=O)c2n[nH]c3ccccc23)CCN1. The molecule has 0 saturated carbocycles. The highest BCUT2D eigenvalue weighted by atomic mass is 16.2. The molecule has 1 fully saturated rings. The molecule has 7 heteroatoms. The number of nitrogens with zero attached hydrogens (tertiary/aromatic N) is 2. The predicted octanol–water partition coefficient (Wildman–Crippen LogP) is 0.503. The van der Waals surface area contributed by atoms with E-state index in [0.29, 0.717) is 24.7 Å².